The van der Waals surface area contributed by atoms with Crippen LogP contribution in [0.25, 0.3) is 21.5 Å². The summed E-state index contributed by atoms with van der Waals surface area (Å²) in [6, 6.07) is 77.0. The predicted octanol–water partition coefficient (Wildman–Crippen LogP) is 9.18. The summed E-state index contributed by atoms with van der Waals surface area (Å²) in [4.78, 5) is 5.16. The fourth-order valence-corrected chi connectivity index (χ4v) is 13.1. The van der Waals surface area contributed by atoms with Gasteiger partial charge in [-0.2, -0.15) is 0 Å². The number of benzene rings is 9. The molecular formula is C51H37BN2Si. The van der Waals surface area contributed by atoms with Crippen LogP contribution in [-0.2, 0) is 0 Å². The van der Waals surface area contributed by atoms with Gasteiger partial charge in [-0.15, -0.1) is 0 Å². The lowest BCUT2D eigenvalue weighted by Gasteiger charge is -2.46. The summed E-state index contributed by atoms with van der Waals surface area (Å²) < 4.78 is 0. The second-order valence-corrected chi connectivity index (χ2v) is 19.0. The summed E-state index contributed by atoms with van der Waals surface area (Å²) in [6.07, 6.45) is 0. The molecule has 0 amide bonds. The smallest absolute Gasteiger partial charge is 0.252 e. The third-order valence-corrected chi connectivity index (χ3v) is 16.6. The first-order valence-electron chi connectivity index (χ1n) is 19.2. The first-order chi connectivity index (χ1) is 27.2. The van der Waals surface area contributed by atoms with Crippen molar-refractivity contribution in [1.82, 2.24) is 0 Å². The first-order valence-corrected chi connectivity index (χ1v) is 21.7. The summed E-state index contributed by atoms with van der Waals surface area (Å²) in [5.74, 6) is 0. The minimum atomic E-state index is -2.59. The monoisotopic (exact) mass is 716 g/mol. The Morgan fingerprint density at radius 3 is 1.20 bits per heavy atom. The summed E-state index contributed by atoms with van der Waals surface area (Å²) in [7, 11) is -2.59. The van der Waals surface area contributed by atoms with Gasteiger partial charge in [0.2, 0.25) is 0 Å². The Morgan fingerprint density at radius 2 is 0.764 bits per heavy atom. The average Bonchev–Trinajstić information content (AvgIpc) is 3.26. The minimum absolute atomic E-state index is 0.0274. The van der Waals surface area contributed by atoms with Crippen LogP contribution >= 0.6 is 0 Å². The van der Waals surface area contributed by atoms with E-state index >= 15 is 0 Å². The number of nitrogens with zero attached hydrogens (tertiary/aromatic N) is 2. The highest BCUT2D eigenvalue weighted by Gasteiger charge is 2.46. The normalized spacial score (nSPS) is 13.1. The zero-order chi connectivity index (χ0) is 36.5. The van der Waals surface area contributed by atoms with Crippen LogP contribution in [0.1, 0.15) is 0 Å². The Balaban J connectivity index is 1.34. The van der Waals surface area contributed by atoms with Crippen molar-refractivity contribution in [3.63, 3.8) is 0 Å². The van der Waals surface area contributed by atoms with E-state index in [2.05, 4.69) is 223 Å². The van der Waals surface area contributed by atoms with Crippen LogP contribution in [0.5, 0.6) is 0 Å². The average molecular weight is 717 g/mol. The highest BCUT2D eigenvalue weighted by molar-refractivity contribution is 7.11. The molecule has 11 rings (SSSR count). The lowest BCUT2D eigenvalue weighted by molar-refractivity contribution is 1.27. The van der Waals surface area contributed by atoms with Gasteiger partial charge in [0.05, 0.1) is 0 Å². The van der Waals surface area contributed by atoms with E-state index in [1.165, 1.54) is 76.2 Å². The van der Waals surface area contributed by atoms with Crippen LogP contribution in [0.15, 0.2) is 206 Å². The number of para-hydroxylation sites is 2. The van der Waals surface area contributed by atoms with Gasteiger partial charge in [0.1, 0.15) is 8.07 Å². The van der Waals surface area contributed by atoms with Gasteiger partial charge >= 0.3 is 0 Å². The Kier molecular flexibility index (Phi) is 7.23. The third-order valence-electron chi connectivity index (χ3n) is 12.1. The molecule has 0 saturated heterocycles. The van der Waals surface area contributed by atoms with Crippen molar-refractivity contribution < 1.29 is 0 Å². The summed E-state index contributed by atoms with van der Waals surface area (Å²) in [5.41, 5.74) is 11.4. The highest BCUT2D eigenvalue weighted by Crippen LogP contribution is 2.47. The number of rotatable bonds is 5. The molecule has 0 bridgehead atoms. The molecule has 4 heteroatoms. The van der Waals surface area contributed by atoms with E-state index < -0.39 is 8.07 Å². The van der Waals surface area contributed by atoms with Crippen molar-refractivity contribution in [3.05, 3.63) is 206 Å². The van der Waals surface area contributed by atoms with Crippen molar-refractivity contribution in [3.8, 4) is 0 Å². The molecule has 0 N–H and O–H groups in total. The first kappa shape index (κ1) is 31.9. The van der Waals surface area contributed by atoms with E-state index in [1.54, 1.807) is 0 Å². The van der Waals surface area contributed by atoms with Crippen LogP contribution in [0.3, 0.4) is 0 Å². The molecule has 2 aliphatic rings. The molecule has 2 heterocycles. The molecule has 0 radical (unpaired) electrons. The molecule has 55 heavy (non-hydrogen) atoms. The minimum Gasteiger partial charge on any atom is -0.311 e. The Morgan fingerprint density at radius 1 is 0.382 bits per heavy atom. The molecule has 9 aromatic rings. The molecule has 0 spiro atoms. The number of fused-ring (bicyclic) bond motifs is 8. The van der Waals surface area contributed by atoms with Crippen molar-refractivity contribution >= 4 is 102 Å². The quantitative estimate of drug-likeness (QED) is 0.130. The fourth-order valence-electron chi connectivity index (χ4n) is 9.54. The molecular weight excluding hydrogens is 679 g/mol. The van der Waals surface area contributed by atoms with Crippen molar-refractivity contribution in [2.45, 2.75) is 6.55 Å². The fraction of sp³-hybridized carbons (Fsp3) is 0.0196. The molecule has 0 aliphatic carbocycles. The largest absolute Gasteiger partial charge is 0.311 e. The standard InChI is InChI=1S/C51H37BN2Si/c1-55(40-24-10-4-11-25-40,41-26-12-5-13-27-41)42-34-47-49-48(35-42)54(39-22-8-3-9-23-39)51-44-29-17-15-19-37(44)31-33-46(51)52(49)45-32-30-36-18-14-16-28-43(36)50(45)53(47)38-20-6-2-7-21-38/h2-35H,1H3. The molecule has 0 aromatic heterocycles. The zero-order valence-electron chi connectivity index (χ0n) is 30.6. The highest BCUT2D eigenvalue weighted by atomic mass is 28.3. The zero-order valence-corrected chi connectivity index (χ0v) is 31.6. The summed E-state index contributed by atoms with van der Waals surface area (Å²) in [5, 5.41) is 9.19. The maximum absolute atomic E-state index is 2.59. The van der Waals surface area contributed by atoms with Gasteiger partial charge in [-0.25, -0.2) is 0 Å². The molecule has 9 aromatic carbocycles. The van der Waals surface area contributed by atoms with Gasteiger partial charge in [-0.3, -0.25) is 0 Å². The molecule has 0 unspecified atom stereocenters. The summed E-state index contributed by atoms with van der Waals surface area (Å²) in [6.45, 7) is 2.57. The van der Waals surface area contributed by atoms with Crippen molar-refractivity contribution in [2.24, 2.45) is 0 Å². The van der Waals surface area contributed by atoms with E-state index in [9.17, 15) is 0 Å². The molecule has 2 aliphatic heterocycles. The van der Waals surface area contributed by atoms with Gasteiger partial charge in [0, 0.05) is 44.9 Å². The number of hydrogen-bond donors (Lipinski definition) is 0. The Labute approximate surface area is 323 Å². The predicted molar refractivity (Wildman–Crippen MR) is 239 cm³/mol. The van der Waals surface area contributed by atoms with Crippen LogP contribution < -0.4 is 41.7 Å². The van der Waals surface area contributed by atoms with Crippen LogP contribution in [0.4, 0.5) is 34.1 Å². The van der Waals surface area contributed by atoms with Gasteiger partial charge in [0.25, 0.3) is 6.71 Å². The topological polar surface area (TPSA) is 6.48 Å². The Hall–Kier alpha value is -6.62. The number of hydrogen-bond acceptors (Lipinski definition) is 2. The lowest BCUT2D eigenvalue weighted by Crippen LogP contribution is -2.66. The van der Waals surface area contributed by atoms with Crippen molar-refractivity contribution in [1.29, 1.82) is 0 Å². The molecule has 0 fully saturated rings. The van der Waals surface area contributed by atoms with E-state index in [0.717, 1.165) is 11.4 Å². The van der Waals surface area contributed by atoms with Crippen molar-refractivity contribution in [2.75, 3.05) is 9.80 Å². The van der Waals surface area contributed by atoms with Gasteiger partial charge in [0.15, 0.2) is 0 Å². The maximum Gasteiger partial charge on any atom is 0.252 e. The molecule has 258 valence electrons. The van der Waals surface area contributed by atoms with Gasteiger partial charge in [-0.05, 0) is 79.1 Å². The van der Waals surface area contributed by atoms with E-state index in [1.807, 2.05) is 0 Å². The SMILES string of the molecule is C[Si](c1ccccc1)(c1ccccc1)c1cc2c3c(c1)N(c1ccccc1)c1c(ccc4ccccc14)B3c1ccc3ccccc3c1N2c1ccccc1. The van der Waals surface area contributed by atoms with E-state index in [4.69, 9.17) is 0 Å². The third kappa shape index (κ3) is 4.75. The molecule has 2 nitrogen and oxygen atoms in total. The van der Waals surface area contributed by atoms with E-state index in [-0.39, 0.29) is 6.71 Å². The van der Waals surface area contributed by atoms with E-state index in [0.29, 0.717) is 0 Å². The second-order valence-electron chi connectivity index (χ2n) is 15.0. The molecule has 0 saturated carbocycles. The van der Waals surface area contributed by atoms with Crippen LogP contribution in [0.2, 0.25) is 6.55 Å². The van der Waals surface area contributed by atoms with Crippen LogP contribution in [0, 0.1) is 0 Å². The molecule has 0 atom stereocenters. The lowest BCUT2D eigenvalue weighted by atomic mass is 9.33. The van der Waals surface area contributed by atoms with Gasteiger partial charge < -0.3 is 9.80 Å². The van der Waals surface area contributed by atoms with Gasteiger partial charge in [-0.1, -0.05) is 176 Å². The summed E-state index contributed by atoms with van der Waals surface area (Å²) >= 11 is 0. The maximum atomic E-state index is 2.58. The second kappa shape index (κ2) is 12.5. The number of anilines is 6. The Bertz CT molecular complexity index is 2710. The van der Waals surface area contributed by atoms with Crippen LogP contribution in [-0.4, -0.2) is 14.8 Å².